The van der Waals surface area contributed by atoms with E-state index in [1.165, 1.54) is 12.1 Å². The van der Waals surface area contributed by atoms with Crippen LogP contribution in [0.15, 0.2) is 71.1 Å². The van der Waals surface area contributed by atoms with Crippen LogP contribution in [0.4, 0.5) is 13.2 Å². The molecule has 0 amide bonds. The van der Waals surface area contributed by atoms with Crippen LogP contribution < -0.4 is 4.74 Å². The molecular formula is C23H21F3N2O. The standard InChI is InChI=1S/C23H21F3N2O/c1-2-11-27-12-19-20(16-7-9-18(10-8-16)23(24,25)26)14-28-13-17-5-3-4-6-22(17)29-15-21(19)28/h3-10,12,15H,2,11,13-14H2,1H3. The second kappa shape index (κ2) is 7.78. The minimum Gasteiger partial charge on any atom is -0.462 e. The maximum atomic E-state index is 12.9. The average molecular weight is 398 g/mol. The van der Waals surface area contributed by atoms with Crippen LogP contribution in [0.25, 0.3) is 5.57 Å². The molecule has 2 aliphatic heterocycles. The zero-order valence-electron chi connectivity index (χ0n) is 16.0. The summed E-state index contributed by atoms with van der Waals surface area (Å²) in [6, 6.07) is 13.2. The highest BCUT2D eigenvalue weighted by Gasteiger charge is 2.32. The zero-order chi connectivity index (χ0) is 20.4. The molecule has 6 heteroatoms. The van der Waals surface area contributed by atoms with Crippen molar-refractivity contribution < 1.29 is 17.9 Å². The Morgan fingerprint density at radius 2 is 1.83 bits per heavy atom. The van der Waals surface area contributed by atoms with Crippen molar-refractivity contribution in [3.05, 3.63) is 82.8 Å². The van der Waals surface area contributed by atoms with Gasteiger partial charge in [-0.15, -0.1) is 0 Å². The first-order chi connectivity index (χ1) is 14.0. The lowest BCUT2D eigenvalue weighted by Gasteiger charge is -2.19. The fourth-order valence-electron chi connectivity index (χ4n) is 3.58. The maximum Gasteiger partial charge on any atom is 0.416 e. The molecule has 0 unspecified atom stereocenters. The Kier molecular flexibility index (Phi) is 5.18. The second-order valence-corrected chi connectivity index (χ2v) is 7.09. The van der Waals surface area contributed by atoms with Gasteiger partial charge in [0.1, 0.15) is 12.0 Å². The van der Waals surface area contributed by atoms with Crippen LogP contribution in [-0.4, -0.2) is 24.2 Å². The Hall–Kier alpha value is -3.02. The number of rotatable bonds is 4. The molecule has 0 bridgehead atoms. The van der Waals surface area contributed by atoms with Gasteiger partial charge in [-0.2, -0.15) is 13.2 Å². The number of aliphatic imine (C=N–C) groups is 1. The minimum absolute atomic E-state index is 0.586. The largest absolute Gasteiger partial charge is 0.462 e. The van der Waals surface area contributed by atoms with Crippen LogP contribution in [-0.2, 0) is 12.7 Å². The van der Waals surface area contributed by atoms with Crippen LogP contribution in [0.5, 0.6) is 5.75 Å². The van der Waals surface area contributed by atoms with Crippen molar-refractivity contribution in [3.63, 3.8) is 0 Å². The quantitative estimate of drug-likeness (QED) is 0.618. The molecule has 0 atom stereocenters. The summed E-state index contributed by atoms with van der Waals surface area (Å²) < 4.78 is 44.7. The highest BCUT2D eigenvalue weighted by atomic mass is 19.4. The van der Waals surface area contributed by atoms with Crippen molar-refractivity contribution in [2.24, 2.45) is 4.99 Å². The molecule has 2 aromatic carbocycles. The van der Waals surface area contributed by atoms with Crippen LogP contribution in [0.1, 0.15) is 30.0 Å². The van der Waals surface area contributed by atoms with Gasteiger partial charge in [-0.1, -0.05) is 37.3 Å². The number of ether oxygens (including phenoxy) is 1. The average Bonchev–Trinajstić information content (AvgIpc) is 2.93. The zero-order valence-corrected chi connectivity index (χ0v) is 16.0. The molecule has 0 saturated heterocycles. The summed E-state index contributed by atoms with van der Waals surface area (Å²) in [6.45, 7) is 3.99. The Labute approximate surface area is 167 Å². The van der Waals surface area contributed by atoms with Crippen molar-refractivity contribution in [1.29, 1.82) is 0 Å². The summed E-state index contributed by atoms with van der Waals surface area (Å²) in [6.07, 6.45) is 0.117. The molecule has 2 aromatic rings. The smallest absolute Gasteiger partial charge is 0.416 e. The summed E-state index contributed by atoms with van der Waals surface area (Å²) in [5, 5.41) is 0. The van der Waals surface area contributed by atoms with Gasteiger partial charge >= 0.3 is 6.18 Å². The number of para-hydroxylation sites is 1. The molecule has 0 aromatic heterocycles. The monoisotopic (exact) mass is 398 g/mol. The molecule has 0 spiro atoms. The van der Waals surface area contributed by atoms with E-state index in [0.29, 0.717) is 19.6 Å². The van der Waals surface area contributed by atoms with E-state index in [4.69, 9.17) is 4.74 Å². The molecule has 4 rings (SSSR count). The summed E-state index contributed by atoms with van der Waals surface area (Å²) in [4.78, 5) is 6.66. The second-order valence-electron chi connectivity index (χ2n) is 7.09. The number of alkyl halides is 3. The molecule has 2 aliphatic rings. The first kappa shape index (κ1) is 19.3. The summed E-state index contributed by atoms with van der Waals surface area (Å²) in [5.74, 6) is 0.815. The van der Waals surface area contributed by atoms with E-state index in [1.54, 1.807) is 6.26 Å². The van der Waals surface area contributed by atoms with E-state index in [2.05, 4.69) is 9.89 Å². The van der Waals surface area contributed by atoms with Gasteiger partial charge in [-0.05, 0) is 35.8 Å². The summed E-state index contributed by atoms with van der Waals surface area (Å²) in [7, 11) is 0. The topological polar surface area (TPSA) is 24.8 Å². The molecule has 3 nitrogen and oxygen atoms in total. The van der Waals surface area contributed by atoms with E-state index in [9.17, 15) is 13.2 Å². The number of benzene rings is 2. The maximum absolute atomic E-state index is 12.9. The molecule has 0 fully saturated rings. The van der Waals surface area contributed by atoms with Gasteiger partial charge in [0.15, 0.2) is 0 Å². The Balaban J connectivity index is 1.73. The van der Waals surface area contributed by atoms with Crippen molar-refractivity contribution >= 4 is 11.8 Å². The van der Waals surface area contributed by atoms with E-state index in [-0.39, 0.29) is 0 Å². The Morgan fingerprint density at radius 1 is 1.07 bits per heavy atom. The number of allylic oxidation sites excluding steroid dienone is 1. The van der Waals surface area contributed by atoms with Gasteiger partial charge in [0.05, 0.1) is 11.3 Å². The summed E-state index contributed by atoms with van der Waals surface area (Å²) >= 11 is 0. The molecule has 0 N–H and O–H groups in total. The minimum atomic E-state index is -4.34. The van der Waals surface area contributed by atoms with E-state index < -0.39 is 11.7 Å². The van der Waals surface area contributed by atoms with E-state index in [0.717, 1.165) is 52.3 Å². The number of fused-ring (bicyclic) bond motifs is 2. The van der Waals surface area contributed by atoms with Gasteiger partial charge in [0.2, 0.25) is 0 Å². The predicted octanol–water partition coefficient (Wildman–Crippen LogP) is 5.69. The number of nitrogens with zero attached hydrogens (tertiary/aromatic N) is 2. The lowest BCUT2D eigenvalue weighted by Crippen LogP contribution is -2.18. The van der Waals surface area contributed by atoms with Gasteiger partial charge in [0.25, 0.3) is 0 Å². The Morgan fingerprint density at radius 3 is 2.55 bits per heavy atom. The molecule has 29 heavy (non-hydrogen) atoms. The SMILES string of the molecule is CCCN=CC1=C(c2ccc(C(F)(F)F)cc2)CN2Cc3ccccc3OC=C12. The van der Waals surface area contributed by atoms with Gasteiger partial charge in [0, 0.05) is 37.0 Å². The third-order valence-electron chi connectivity index (χ3n) is 5.06. The molecule has 2 heterocycles. The fourth-order valence-corrected chi connectivity index (χ4v) is 3.58. The van der Waals surface area contributed by atoms with Crippen LogP contribution in [0, 0.1) is 0 Å². The fraction of sp³-hybridized carbons (Fsp3) is 0.261. The highest BCUT2D eigenvalue weighted by Crippen LogP contribution is 2.38. The van der Waals surface area contributed by atoms with Crippen molar-refractivity contribution in [2.75, 3.05) is 13.1 Å². The van der Waals surface area contributed by atoms with E-state index in [1.807, 2.05) is 37.4 Å². The van der Waals surface area contributed by atoms with Gasteiger partial charge < -0.3 is 9.64 Å². The van der Waals surface area contributed by atoms with Gasteiger partial charge in [-0.3, -0.25) is 4.99 Å². The van der Waals surface area contributed by atoms with Crippen LogP contribution in [0.2, 0.25) is 0 Å². The van der Waals surface area contributed by atoms with Crippen molar-refractivity contribution in [1.82, 2.24) is 4.90 Å². The highest BCUT2D eigenvalue weighted by molar-refractivity contribution is 5.98. The summed E-state index contributed by atoms with van der Waals surface area (Å²) in [5.41, 5.74) is 3.93. The van der Waals surface area contributed by atoms with E-state index >= 15 is 0 Å². The lowest BCUT2D eigenvalue weighted by atomic mass is 10.0. The third-order valence-corrected chi connectivity index (χ3v) is 5.06. The van der Waals surface area contributed by atoms with Crippen molar-refractivity contribution in [2.45, 2.75) is 26.1 Å². The van der Waals surface area contributed by atoms with Crippen LogP contribution in [0.3, 0.4) is 0 Å². The van der Waals surface area contributed by atoms with Crippen LogP contribution >= 0.6 is 0 Å². The number of hydrogen-bond donors (Lipinski definition) is 0. The number of halogens is 3. The molecule has 0 saturated carbocycles. The predicted molar refractivity (Wildman–Crippen MR) is 108 cm³/mol. The molecule has 0 aliphatic carbocycles. The molecular weight excluding hydrogens is 377 g/mol. The lowest BCUT2D eigenvalue weighted by molar-refractivity contribution is -0.137. The normalized spacial score (nSPS) is 16.4. The van der Waals surface area contributed by atoms with Gasteiger partial charge in [-0.25, -0.2) is 0 Å². The third kappa shape index (κ3) is 3.92. The van der Waals surface area contributed by atoms with Crippen molar-refractivity contribution in [3.8, 4) is 5.75 Å². The first-order valence-electron chi connectivity index (χ1n) is 9.58. The number of hydrogen-bond acceptors (Lipinski definition) is 3. The Bertz CT molecular complexity index is 988. The molecule has 0 radical (unpaired) electrons. The first-order valence-corrected chi connectivity index (χ1v) is 9.58. The molecule has 150 valence electrons.